The number of hydrogen-bond donors (Lipinski definition) is 0. The maximum Gasteiger partial charge on any atom is 0.514 e. The molecule has 0 atom stereocenters. The number of rotatable bonds is 2. The second kappa shape index (κ2) is 5.38. The fourth-order valence-corrected chi connectivity index (χ4v) is 3.13. The second-order valence-electron chi connectivity index (χ2n) is 4.06. The van der Waals surface area contributed by atoms with Gasteiger partial charge in [0, 0.05) is 4.90 Å². The van der Waals surface area contributed by atoms with Crippen molar-refractivity contribution in [3.8, 4) is 5.06 Å². The van der Waals surface area contributed by atoms with Gasteiger partial charge in [0.25, 0.3) is 5.56 Å². The number of ether oxygens (including phenoxy) is 2. The zero-order valence-electron chi connectivity index (χ0n) is 11.2. The minimum Gasteiger partial charge on any atom is -0.437 e. The zero-order chi connectivity index (χ0) is 15.0. The van der Waals surface area contributed by atoms with Crippen molar-refractivity contribution in [3.05, 3.63) is 34.7 Å². The number of benzene rings is 1. The first-order chi connectivity index (χ1) is 10.1. The number of aromatic nitrogens is 2. The molecule has 3 aromatic rings. The van der Waals surface area contributed by atoms with Crippen LogP contribution in [0.25, 0.3) is 15.9 Å². The molecular formula is C13H10N2O4S2. The molecule has 0 spiro atoms. The van der Waals surface area contributed by atoms with Gasteiger partial charge in [0.15, 0.2) is 0 Å². The van der Waals surface area contributed by atoms with Crippen LogP contribution in [0.15, 0.2) is 34.1 Å². The Hall–Kier alpha value is -2.06. The smallest absolute Gasteiger partial charge is 0.437 e. The Balaban J connectivity index is 2.20. The quantitative estimate of drug-likeness (QED) is 0.534. The van der Waals surface area contributed by atoms with E-state index in [4.69, 9.17) is 4.74 Å². The van der Waals surface area contributed by atoms with Gasteiger partial charge in [-0.05, 0) is 24.5 Å². The van der Waals surface area contributed by atoms with E-state index >= 15 is 0 Å². The number of carbonyl (C=O) groups excluding carboxylic acids is 1. The Bertz CT molecular complexity index is 900. The van der Waals surface area contributed by atoms with Gasteiger partial charge in [0.05, 0.1) is 24.2 Å². The molecule has 108 valence electrons. The van der Waals surface area contributed by atoms with Crippen LogP contribution in [0.5, 0.6) is 5.06 Å². The first-order valence-electron chi connectivity index (χ1n) is 5.88. The highest BCUT2D eigenvalue weighted by Gasteiger charge is 2.13. The van der Waals surface area contributed by atoms with Crippen molar-refractivity contribution >= 4 is 45.1 Å². The van der Waals surface area contributed by atoms with Gasteiger partial charge >= 0.3 is 6.16 Å². The first kappa shape index (κ1) is 13.9. The van der Waals surface area contributed by atoms with Crippen molar-refractivity contribution in [1.29, 1.82) is 0 Å². The van der Waals surface area contributed by atoms with Crippen LogP contribution < -0.4 is 10.3 Å². The predicted octanol–water partition coefficient (Wildman–Crippen LogP) is 2.78. The number of thiazole rings is 1. The van der Waals surface area contributed by atoms with Gasteiger partial charge in [-0.25, -0.2) is 9.78 Å². The molecule has 0 radical (unpaired) electrons. The van der Waals surface area contributed by atoms with Crippen molar-refractivity contribution in [1.82, 2.24) is 9.38 Å². The van der Waals surface area contributed by atoms with Gasteiger partial charge in [-0.2, -0.15) is 0 Å². The van der Waals surface area contributed by atoms with Gasteiger partial charge in [0.2, 0.25) is 10.0 Å². The summed E-state index contributed by atoms with van der Waals surface area (Å²) in [5.41, 5.74) is 0.422. The fraction of sp³-hybridized carbons (Fsp3) is 0.154. The zero-order valence-corrected chi connectivity index (χ0v) is 12.8. The van der Waals surface area contributed by atoms with Crippen molar-refractivity contribution in [2.45, 2.75) is 4.90 Å². The third-order valence-corrected chi connectivity index (χ3v) is 4.44. The molecule has 0 N–H and O–H groups in total. The monoisotopic (exact) mass is 322 g/mol. The van der Waals surface area contributed by atoms with Gasteiger partial charge < -0.3 is 9.47 Å². The van der Waals surface area contributed by atoms with Crippen LogP contribution in [0, 0.1) is 0 Å². The molecule has 3 rings (SSSR count). The Morgan fingerprint density at radius 3 is 2.95 bits per heavy atom. The average molecular weight is 322 g/mol. The second-order valence-corrected chi connectivity index (χ2v) is 5.91. The summed E-state index contributed by atoms with van der Waals surface area (Å²) in [6.07, 6.45) is 2.55. The molecule has 0 unspecified atom stereocenters. The van der Waals surface area contributed by atoms with Crippen molar-refractivity contribution in [2.24, 2.45) is 0 Å². The number of hydrogen-bond acceptors (Lipinski definition) is 7. The van der Waals surface area contributed by atoms with Crippen LogP contribution in [0.1, 0.15) is 0 Å². The van der Waals surface area contributed by atoms with Crippen LogP contribution in [0.3, 0.4) is 0 Å². The predicted molar refractivity (Wildman–Crippen MR) is 81.7 cm³/mol. The molecule has 0 aliphatic carbocycles. The maximum atomic E-state index is 12.5. The van der Waals surface area contributed by atoms with Crippen LogP contribution in [0.4, 0.5) is 4.79 Å². The molecule has 0 aliphatic heterocycles. The van der Waals surface area contributed by atoms with E-state index in [-0.39, 0.29) is 10.6 Å². The molecule has 0 saturated heterocycles. The summed E-state index contributed by atoms with van der Waals surface area (Å²) in [7, 11) is 1.22. The molecule has 0 saturated carbocycles. The lowest BCUT2D eigenvalue weighted by molar-refractivity contribution is 0.122. The number of carbonyl (C=O) groups is 1. The van der Waals surface area contributed by atoms with Crippen LogP contribution in [0.2, 0.25) is 0 Å². The van der Waals surface area contributed by atoms with Crippen LogP contribution >= 0.6 is 23.1 Å². The van der Waals surface area contributed by atoms with E-state index in [0.717, 1.165) is 16.2 Å². The summed E-state index contributed by atoms with van der Waals surface area (Å²) < 4.78 is 10.7. The molecule has 0 amide bonds. The van der Waals surface area contributed by atoms with Gasteiger partial charge in [0.1, 0.15) is 0 Å². The van der Waals surface area contributed by atoms with Crippen LogP contribution in [-0.4, -0.2) is 28.9 Å². The molecular weight excluding hydrogens is 312 g/mol. The number of methoxy groups -OCH3 is 1. The van der Waals surface area contributed by atoms with Gasteiger partial charge in [-0.15, -0.1) is 11.8 Å². The summed E-state index contributed by atoms with van der Waals surface area (Å²) in [6.45, 7) is 0. The molecule has 8 heteroatoms. The summed E-state index contributed by atoms with van der Waals surface area (Å²) in [5, 5.41) is 0.786. The molecule has 2 aromatic heterocycles. The normalized spacial score (nSPS) is 11.0. The van der Waals surface area contributed by atoms with E-state index in [1.54, 1.807) is 17.8 Å². The maximum absolute atomic E-state index is 12.5. The molecule has 0 aliphatic rings. The summed E-state index contributed by atoms with van der Waals surface area (Å²) >= 11 is 2.66. The molecule has 6 nitrogen and oxygen atoms in total. The van der Waals surface area contributed by atoms with E-state index in [2.05, 4.69) is 9.72 Å². The standard InChI is InChI=1S/C13H10N2O4S2/c1-18-13(17)19-10-6-15-11(16)8-5-7(20-2)3-4-9(8)14-12(15)21-10/h3-6H,1-2H3. The SMILES string of the molecule is COC(=O)Oc1cn2c(=O)c3cc(SC)ccc3nc2s1. The Labute approximate surface area is 127 Å². The number of nitrogens with zero attached hydrogens (tertiary/aromatic N) is 2. The summed E-state index contributed by atoms with van der Waals surface area (Å²) in [4.78, 5) is 29.4. The Kier molecular flexibility index (Phi) is 3.56. The van der Waals surface area contributed by atoms with Crippen molar-refractivity contribution in [2.75, 3.05) is 13.4 Å². The van der Waals surface area contributed by atoms with Gasteiger partial charge in [-0.1, -0.05) is 11.3 Å². The topological polar surface area (TPSA) is 69.9 Å². The number of fused-ring (bicyclic) bond motifs is 2. The average Bonchev–Trinajstić information content (AvgIpc) is 2.89. The lowest BCUT2D eigenvalue weighted by Crippen LogP contribution is -2.13. The Morgan fingerprint density at radius 2 is 2.24 bits per heavy atom. The van der Waals surface area contributed by atoms with Crippen molar-refractivity contribution < 1.29 is 14.3 Å². The summed E-state index contributed by atoms with van der Waals surface area (Å²) in [6, 6.07) is 5.53. The van der Waals surface area contributed by atoms with Crippen LogP contribution in [-0.2, 0) is 4.74 Å². The van der Waals surface area contributed by atoms with E-state index in [0.29, 0.717) is 15.9 Å². The Morgan fingerprint density at radius 1 is 1.43 bits per heavy atom. The fourth-order valence-electron chi connectivity index (χ4n) is 1.86. The first-order valence-corrected chi connectivity index (χ1v) is 7.92. The summed E-state index contributed by atoms with van der Waals surface area (Å²) in [5.74, 6) is 0. The highest BCUT2D eigenvalue weighted by atomic mass is 32.2. The highest BCUT2D eigenvalue weighted by Crippen LogP contribution is 2.25. The third kappa shape index (κ3) is 2.47. The molecule has 0 fully saturated rings. The lowest BCUT2D eigenvalue weighted by atomic mass is 10.2. The van der Waals surface area contributed by atoms with E-state index in [9.17, 15) is 9.59 Å². The van der Waals surface area contributed by atoms with E-state index < -0.39 is 6.16 Å². The highest BCUT2D eigenvalue weighted by molar-refractivity contribution is 7.98. The molecule has 1 aromatic carbocycles. The molecule has 0 bridgehead atoms. The van der Waals surface area contributed by atoms with Gasteiger partial charge in [-0.3, -0.25) is 9.20 Å². The van der Waals surface area contributed by atoms with E-state index in [1.165, 1.54) is 17.7 Å². The van der Waals surface area contributed by atoms with E-state index in [1.807, 2.05) is 18.4 Å². The third-order valence-electron chi connectivity index (χ3n) is 2.85. The number of thioether (sulfide) groups is 1. The minimum atomic E-state index is -0.830. The minimum absolute atomic E-state index is 0.193. The van der Waals surface area contributed by atoms with Crippen molar-refractivity contribution in [3.63, 3.8) is 0 Å². The molecule has 21 heavy (non-hydrogen) atoms. The largest absolute Gasteiger partial charge is 0.514 e. The lowest BCUT2D eigenvalue weighted by Gasteiger charge is -2.00. The molecule has 2 heterocycles.